The van der Waals surface area contributed by atoms with Crippen LogP contribution >= 0.6 is 0 Å². The summed E-state index contributed by atoms with van der Waals surface area (Å²) in [5.41, 5.74) is 4.20. The molecule has 186 valence electrons. The Bertz CT molecular complexity index is 1190. The molecule has 0 aliphatic carbocycles. The monoisotopic (exact) mass is 493 g/mol. The van der Waals surface area contributed by atoms with E-state index in [-0.39, 0.29) is 11.8 Å². The Hall–Kier alpha value is -3.02. The van der Waals surface area contributed by atoms with Crippen LogP contribution in [0.25, 0.3) is 11.6 Å². The molecule has 1 aromatic heterocycles. The molecule has 9 nitrogen and oxygen atoms in total. The van der Waals surface area contributed by atoms with Gasteiger partial charge in [-0.3, -0.25) is 9.59 Å². The molecule has 1 aromatic carbocycles. The van der Waals surface area contributed by atoms with Gasteiger partial charge in [-0.25, -0.2) is 12.8 Å². The number of anilines is 1. The summed E-state index contributed by atoms with van der Waals surface area (Å²) in [6.45, 7) is 11.1. The van der Waals surface area contributed by atoms with E-state index in [1.165, 1.54) is 12.1 Å². The number of amides is 2. The molecule has 0 unspecified atom stereocenters. The maximum atomic E-state index is 13.7. The fourth-order valence-corrected chi connectivity index (χ4v) is 3.66. The summed E-state index contributed by atoms with van der Waals surface area (Å²) in [5, 5.41) is 5.70. The fourth-order valence-electron chi connectivity index (χ4n) is 3.66. The van der Waals surface area contributed by atoms with Crippen LogP contribution in [0.4, 0.5) is 10.1 Å². The summed E-state index contributed by atoms with van der Waals surface area (Å²) in [6, 6.07) is 4.20. The van der Waals surface area contributed by atoms with Crippen molar-refractivity contribution in [1.82, 2.24) is 15.2 Å². The van der Waals surface area contributed by atoms with E-state index in [1.54, 1.807) is 12.1 Å². The maximum Gasteiger partial charge on any atom is 0.256 e. The van der Waals surface area contributed by atoms with E-state index in [0.717, 1.165) is 30.9 Å². The van der Waals surface area contributed by atoms with Crippen LogP contribution < -0.4 is 10.6 Å². The lowest BCUT2D eigenvalue weighted by atomic mass is 10.0. The summed E-state index contributed by atoms with van der Waals surface area (Å²) in [6.07, 6.45) is 2.28. The molecule has 0 atom stereocenters. The molecule has 11 heteroatoms. The lowest BCUT2D eigenvalue weighted by Crippen LogP contribution is -2.35. The Morgan fingerprint density at radius 1 is 1.24 bits per heavy atom. The van der Waals surface area contributed by atoms with Gasteiger partial charge in [-0.05, 0) is 56.8 Å². The molecule has 3 N–H and O–H groups in total. The predicted octanol–water partition coefficient (Wildman–Crippen LogP) is 2.50. The lowest BCUT2D eigenvalue weighted by molar-refractivity contribution is -0.110. The highest BCUT2D eigenvalue weighted by molar-refractivity contribution is 7.84. The first kappa shape index (κ1) is 27.2. The van der Waals surface area contributed by atoms with Gasteiger partial charge >= 0.3 is 0 Å². The van der Waals surface area contributed by atoms with Crippen LogP contribution in [-0.2, 0) is 14.9 Å². The molecule has 0 radical (unpaired) electrons. The number of carbonyl (C=O) groups excluding carboxylic acids is 2. The maximum absolute atomic E-state index is 13.7. The van der Waals surface area contributed by atoms with E-state index in [9.17, 15) is 14.0 Å². The number of fused-ring (bicyclic) bond motifs is 1. The van der Waals surface area contributed by atoms with Gasteiger partial charge in [0.1, 0.15) is 5.82 Å². The van der Waals surface area contributed by atoms with Gasteiger partial charge in [0.05, 0.1) is 21.3 Å². The van der Waals surface area contributed by atoms with Crippen molar-refractivity contribution < 1.29 is 27.0 Å². The molecule has 1 aliphatic heterocycles. The molecule has 34 heavy (non-hydrogen) atoms. The first-order chi connectivity index (χ1) is 15.8. The highest BCUT2D eigenvalue weighted by atomic mass is 32.2. The topological polar surface area (TPSA) is 134 Å². The number of aryl methyl sites for hydroxylation is 1. The fraction of sp³-hybridized carbons (Fsp3) is 0.391. The number of nitrogens with one attached hydrogen (secondary N) is 3. The Morgan fingerprint density at radius 3 is 2.44 bits per heavy atom. The molecular formula is C23H30FN4O5S-. The van der Waals surface area contributed by atoms with E-state index in [1.807, 2.05) is 13.8 Å². The van der Waals surface area contributed by atoms with Crippen LogP contribution in [0.3, 0.4) is 0 Å². The third-order valence-corrected chi connectivity index (χ3v) is 5.36. The minimum absolute atomic E-state index is 0.143. The van der Waals surface area contributed by atoms with Crippen molar-refractivity contribution in [2.45, 2.75) is 27.7 Å². The van der Waals surface area contributed by atoms with Crippen molar-refractivity contribution in [3.8, 4) is 0 Å². The second kappa shape index (κ2) is 11.4. The molecule has 3 rings (SSSR count). The van der Waals surface area contributed by atoms with E-state index in [4.69, 9.17) is 13.0 Å². The summed E-state index contributed by atoms with van der Waals surface area (Å²) < 4.78 is 40.9. The van der Waals surface area contributed by atoms with E-state index >= 15 is 0 Å². The zero-order valence-electron chi connectivity index (χ0n) is 19.9. The average molecular weight is 494 g/mol. The number of halogens is 1. The third-order valence-electron chi connectivity index (χ3n) is 5.36. The van der Waals surface area contributed by atoms with Crippen molar-refractivity contribution in [3.05, 3.63) is 52.1 Å². The molecule has 0 spiro atoms. The lowest BCUT2D eigenvalue weighted by Gasteiger charge is -2.18. The van der Waals surface area contributed by atoms with Gasteiger partial charge in [0.25, 0.3) is 11.8 Å². The van der Waals surface area contributed by atoms with Crippen LogP contribution in [0.1, 0.15) is 46.7 Å². The zero-order valence-corrected chi connectivity index (χ0v) is 20.7. The Balaban J connectivity index is 0.000000739. The Morgan fingerprint density at radius 2 is 1.85 bits per heavy atom. The summed E-state index contributed by atoms with van der Waals surface area (Å²) in [7, 11) is -3.92. The van der Waals surface area contributed by atoms with Crippen LogP contribution in [0.5, 0.6) is 0 Å². The summed E-state index contributed by atoms with van der Waals surface area (Å²) in [4.78, 5) is 30.5. The average Bonchev–Trinajstić information content (AvgIpc) is 3.19. The van der Waals surface area contributed by atoms with Crippen molar-refractivity contribution >= 4 is 39.3 Å². The number of benzene rings is 1. The van der Waals surface area contributed by atoms with Crippen molar-refractivity contribution in [1.29, 1.82) is 0 Å². The minimum Gasteiger partial charge on any atom is -0.748 e. The molecule has 2 aromatic rings. The second-order valence-electron chi connectivity index (χ2n) is 7.85. The molecule has 0 saturated heterocycles. The first-order valence-corrected chi connectivity index (χ1v) is 12.6. The number of carbonyl (C=O) groups is 2. The van der Waals surface area contributed by atoms with Crippen LogP contribution in [0, 0.1) is 19.7 Å². The number of rotatable bonds is 7. The minimum atomic E-state index is -3.92. The van der Waals surface area contributed by atoms with Gasteiger partial charge in [0, 0.05) is 42.0 Å². The molecular weight excluding hydrogens is 463 g/mol. The van der Waals surface area contributed by atoms with E-state index < -0.39 is 15.9 Å². The number of nitrogens with zero attached hydrogens (tertiary/aromatic N) is 1. The first-order valence-electron chi connectivity index (χ1n) is 10.8. The molecule has 2 heterocycles. The Labute approximate surface area is 199 Å². The highest BCUT2D eigenvalue weighted by Gasteiger charge is 2.26. The van der Waals surface area contributed by atoms with E-state index in [2.05, 4.69) is 34.4 Å². The van der Waals surface area contributed by atoms with Crippen molar-refractivity contribution in [2.75, 3.05) is 37.8 Å². The van der Waals surface area contributed by atoms with Crippen LogP contribution in [0.15, 0.2) is 18.2 Å². The molecule has 1 aliphatic rings. The van der Waals surface area contributed by atoms with Gasteiger partial charge in [0.2, 0.25) is 0 Å². The largest absolute Gasteiger partial charge is 0.748 e. The summed E-state index contributed by atoms with van der Waals surface area (Å²) in [5.74, 6) is -0.836. The SMILES string of the molecule is CCN(CC)CCNC(=O)c1c(C)[nH]c(/C=C2\C(=O)Nc3ccc(F)cc32)c1C.CS(=O)(=O)[O-]. The normalized spacial score (nSPS) is 14.0. The van der Waals surface area contributed by atoms with Crippen molar-refractivity contribution in [2.24, 2.45) is 0 Å². The molecule has 2 amide bonds. The highest BCUT2D eigenvalue weighted by Crippen LogP contribution is 2.34. The number of hydrogen-bond donors (Lipinski definition) is 3. The number of hydrogen-bond acceptors (Lipinski definition) is 6. The van der Waals surface area contributed by atoms with Gasteiger partial charge < -0.3 is 25.1 Å². The smallest absolute Gasteiger partial charge is 0.256 e. The van der Waals surface area contributed by atoms with E-state index in [0.29, 0.717) is 40.9 Å². The Kier molecular flexibility index (Phi) is 9.14. The molecule has 0 bridgehead atoms. The van der Waals surface area contributed by atoms with Crippen molar-refractivity contribution in [3.63, 3.8) is 0 Å². The predicted molar refractivity (Wildman–Crippen MR) is 129 cm³/mol. The second-order valence-corrected chi connectivity index (χ2v) is 9.26. The quantitative estimate of drug-likeness (QED) is 0.401. The van der Waals surface area contributed by atoms with Gasteiger partial charge in [-0.15, -0.1) is 0 Å². The van der Waals surface area contributed by atoms with Gasteiger partial charge in [0.15, 0.2) is 0 Å². The van der Waals surface area contributed by atoms with Gasteiger partial charge in [-0.1, -0.05) is 13.8 Å². The summed E-state index contributed by atoms with van der Waals surface area (Å²) >= 11 is 0. The number of likely N-dealkylation sites (N-methyl/N-ethyl adjacent to an activating group) is 1. The third kappa shape index (κ3) is 7.24. The number of H-pyrrole nitrogens is 1. The number of aromatic nitrogens is 1. The van der Waals surface area contributed by atoms with Gasteiger partial charge in [-0.2, -0.15) is 0 Å². The molecule has 0 fully saturated rings. The number of aromatic amines is 1. The molecule has 0 saturated carbocycles. The van der Waals surface area contributed by atoms with Crippen LogP contribution in [0.2, 0.25) is 0 Å². The standard InChI is InChI=1S/C22H27FN4O2.CH4O3S/c1-5-27(6-2)10-9-24-22(29)20-13(3)19(25-14(20)4)12-17-16-11-15(23)7-8-18(16)26-21(17)28;1-5(2,3)4/h7-8,11-12,25H,5-6,9-10H2,1-4H3,(H,24,29)(H,26,28);1H3,(H,2,3,4)/p-1/b17-12-;. The van der Waals surface area contributed by atoms with Crippen LogP contribution in [-0.4, -0.2) is 67.1 Å². The zero-order chi connectivity index (χ0) is 25.6.